The minimum atomic E-state index is -1.02. The molecule has 1 aromatic heterocycles. The summed E-state index contributed by atoms with van der Waals surface area (Å²) >= 11 is 0. The zero-order valence-electron chi connectivity index (χ0n) is 17.6. The molecule has 0 aliphatic heterocycles. The number of carboxylic acid groups (broad SMARTS) is 1. The Morgan fingerprint density at radius 1 is 1.24 bits per heavy atom. The van der Waals surface area contributed by atoms with Gasteiger partial charge in [0.2, 0.25) is 0 Å². The lowest BCUT2D eigenvalue weighted by Gasteiger charge is -2.46. The SMILES string of the molecule is CC(CCC(=O)[O-])=C1CC[C@H](C)[C@H](C)[C@]1(C)COc1ccc2ccc(=O)oc2c1. The van der Waals surface area contributed by atoms with Crippen LogP contribution in [0, 0.1) is 17.3 Å². The lowest BCUT2D eigenvalue weighted by atomic mass is 9.60. The summed E-state index contributed by atoms with van der Waals surface area (Å²) in [6.07, 6.45) is 2.60. The minimum Gasteiger partial charge on any atom is -0.550 e. The van der Waals surface area contributed by atoms with Crippen molar-refractivity contribution < 1.29 is 19.1 Å². The highest BCUT2D eigenvalue weighted by Crippen LogP contribution is 2.49. The Labute approximate surface area is 171 Å². The molecular formula is C24H29O5-. The van der Waals surface area contributed by atoms with Crippen LogP contribution in [0.5, 0.6) is 5.75 Å². The first-order valence-corrected chi connectivity index (χ1v) is 10.3. The summed E-state index contributed by atoms with van der Waals surface area (Å²) in [4.78, 5) is 22.4. The van der Waals surface area contributed by atoms with Crippen LogP contribution in [0.15, 0.2) is 50.7 Å². The molecule has 2 aromatic rings. The van der Waals surface area contributed by atoms with Crippen molar-refractivity contribution in [3.8, 4) is 5.75 Å². The second-order valence-corrected chi connectivity index (χ2v) is 8.60. The van der Waals surface area contributed by atoms with Gasteiger partial charge >= 0.3 is 5.63 Å². The van der Waals surface area contributed by atoms with Crippen LogP contribution in [-0.2, 0) is 4.79 Å². The van der Waals surface area contributed by atoms with Gasteiger partial charge in [0.25, 0.3) is 0 Å². The van der Waals surface area contributed by atoms with Gasteiger partial charge in [0.1, 0.15) is 11.3 Å². The molecule has 1 fully saturated rings. The van der Waals surface area contributed by atoms with Gasteiger partial charge in [-0.2, -0.15) is 0 Å². The molecule has 3 atom stereocenters. The predicted molar refractivity (Wildman–Crippen MR) is 111 cm³/mol. The van der Waals surface area contributed by atoms with E-state index in [1.807, 2.05) is 19.1 Å². The normalized spacial score (nSPS) is 26.3. The first-order chi connectivity index (χ1) is 13.7. The fourth-order valence-corrected chi connectivity index (χ4v) is 4.53. The van der Waals surface area contributed by atoms with E-state index in [2.05, 4.69) is 20.8 Å². The van der Waals surface area contributed by atoms with Crippen LogP contribution in [0.1, 0.15) is 53.4 Å². The van der Waals surface area contributed by atoms with E-state index in [9.17, 15) is 14.7 Å². The van der Waals surface area contributed by atoms with Gasteiger partial charge in [-0.25, -0.2) is 4.79 Å². The van der Waals surface area contributed by atoms with Gasteiger partial charge < -0.3 is 19.1 Å². The van der Waals surface area contributed by atoms with Crippen LogP contribution >= 0.6 is 0 Å². The van der Waals surface area contributed by atoms with Gasteiger partial charge in [0.15, 0.2) is 0 Å². The van der Waals surface area contributed by atoms with Gasteiger partial charge in [-0.15, -0.1) is 0 Å². The molecule has 156 valence electrons. The number of fused-ring (bicyclic) bond motifs is 1. The molecule has 1 aliphatic rings. The number of benzene rings is 1. The average Bonchev–Trinajstić information content (AvgIpc) is 2.68. The number of hydrogen-bond donors (Lipinski definition) is 0. The van der Waals surface area contributed by atoms with E-state index in [0.29, 0.717) is 36.2 Å². The van der Waals surface area contributed by atoms with E-state index in [1.165, 1.54) is 11.6 Å². The second-order valence-electron chi connectivity index (χ2n) is 8.60. The number of carboxylic acids is 1. The third-order valence-electron chi connectivity index (χ3n) is 6.75. The summed E-state index contributed by atoms with van der Waals surface area (Å²) in [5, 5.41) is 11.8. The minimum absolute atomic E-state index is 0.0416. The highest BCUT2D eigenvalue weighted by Gasteiger charge is 2.42. The van der Waals surface area contributed by atoms with E-state index in [0.717, 1.165) is 23.8 Å². The van der Waals surface area contributed by atoms with Crippen LogP contribution < -0.4 is 15.5 Å². The third-order valence-corrected chi connectivity index (χ3v) is 6.75. The number of carbonyl (C=O) groups excluding carboxylic acids is 1. The van der Waals surface area contributed by atoms with Crippen molar-refractivity contribution >= 4 is 16.9 Å². The first-order valence-electron chi connectivity index (χ1n) is 10.3. The molecule has 0 amide bonds. The van der Waals surface area contributed by atoms with Crippen molar-refractivity contribution in [2.45, 2.75) is 53.4 Å². The maximum absolute atomic E-state index is 11.5. The van der Waals surface area contributed by atoms with Gasteiger partial charge in [-0.05, 0) is 62.6 Å². The van der Waals surface area contributed by atoms with Crippen molar-refractivity contribution in [2.24, 2.45) is 17.3 Å². The molecule has 1 heterocycles. The predicted octanol–water partition coefficient (Wildman–Crippen LogP) is 4.09. The maximum Gasteiger partial charge on any atom is 0.336 e. The highest BCUT2D eigenvalue weighted by atomic mass is 16.5. The van der Waals surface area contributed by atoms with Crippen LogP contribution in [-0.4, -0.2) is 12.6 Å². The number of aliphatic carboxylic acids is 1. The summed E-state index contributed by atoms with van der Waals surface area (Å²) < 4.78 is 11.5. The van der Waals surface area contributed by atoms with E-state index in [1.54, 1.807) is 12.1 Å². The number of carbonyl (C=O) groups is 1. The first kappa shape index (κ1) is 21.2. The quantitative estimate of drug-likeness (QED) is 0.542. The molecule has 1 saturated carbocycles. The Morgan fingerprint density at radius 3 is 2.69 bits per heavy atom. The smallest absolute Gasteiger partial charge is 0.336 e. The van der Waals surface area contributed by atoms with Gasteiger partial charge in [0, 0.05) is 28.9 Å². The number of hydrogen-bond acceptors (Lipinski definition) is 5. The number of rotatable bonds is 6. The van der Waals surface area contributed by atoms with Crippen molar-refractivity contribution in [3.05, 3.63) is 51.9 Å². The van der Waals surface area contributed by atoms with Crippen molar-refractivity contribution in [3.63, 3.8) is 0 Å². The molecule has 29 heavy (non-hydrogen) atoms. The zero-order valence-corrected chi connectivity index (χ0v) is 17.6. The molecule has 3 rings (SSSR count). The molecule has 0 saturated heterocycles. The monoisotopic (exact) mass is 397 g/mol. The zero-order chi connectivity index (χ0) is 21.2. The van der Waals surface area contributed by atoms with E-state index < -0.39 is 5.97 Å². The van der Waals surface area contributed by atoms with E-state index in [-0.39, 0.29) is 17.5 Å². The molecule has 0 N–H and O–H groups in total. The lowest BCUT2D eigenvalue weighted by Crippen LogP contribution is -2.41. The topological polar surface area (TPSA) is 79.6 Å². The van der Waals surface area contributed by atoms with Gasteiger partial charge in [-0.3, -0.25) is 0 Å². The van der Waals surface area contributed by atoms with Crippen LogP contribution in [0.4, 0.5) is 0 Å². The summed E-state index contributed by atoms with van der Waals surface area (Å²) in [6.45, 7) is 9.24. The molecule has 0 spiro atoms. The molecule has 1 aliphatic carbocycles. The average molecular weight is 397 g/mol. The Balaban J connectivity index is 1.87. The summed E-state index contributed by atoms with van der Waals surface area (Å²) in [5.41, 5.74) is 2.36. The number of ether oxygens (including phenoxy) is 1. The lowest BCUT2D eigenvalue weighted by molar-refractivity contribution is -0.305. The molecule has 1 aromatic carbocycles. The highest BCUT2D eigenvalue weighted by molar-refractivity contribution is 5.77. The Morgan fingerprint density at radius 2 is 1.97 bits per heavy atom. The Bertz CT molecular complexity index is 986. The van der Waals surface area contributed by atoms with Gasteiger partial charge in [0.05, 0.1) is 6.61 Å². The number of allylic oxidation sites excluding steroid dienone is 1. The van der Waals surface area contributed by atoms with Crippen LogP contribution in [0.2, 0.25) is 0 Å². The fourth-order valence-electron chi connectivity index (χ4n) is 4.53. The van der Waals surface area contributed by atoms with Crippen LogP contribution in [0.3, 0.4) is 0 Å². The molecule has 0 unspecified atom stereocenters. The molecule has 0 bridgehead atoms. The molecule has 5 heteroatoms. The Kier molecular flexibility index (Phi) is 6.15. The van der Waals surface area contributed by atoms with Gasteiger partial charge in [-0.1, -0.05) is 31.9 Å². The molecular weight excluding hydrogens is 368 g/mol. The summed E-state index contributed by atoms with van der Waals surface area (Å²) in [5.74, 6) is 0.585. The standard InChI is InChI=1S/C24H30O5/c1-15-5-10-20(16(2)6-11-22(25)26)24(4,17(15)3)14-28-19-9-7-18-8-12-23(27)29-21(18)13-19/h7-9,12-13,15,17H,5-6,10-11,14H2,1-4H3,(H,25,26)/p-1/t15-,17-,24-/m0/s1. The second kappa shape index (κ2) is 8.44. The van der Waals surface area contributed by atoms with Crippen molar-refractivity contribution in [2.75, 3.05) is 6.61 Å². The van der Waals surface area contributed by atoms with Crippen molar-refractivity contribution in [1.29, 1.82) is 0 Å². The third kappa shape index (κ3) is 4.55. The maximum atomic E-state index is 11.5. The summed E-state index contributed by atoms with van der Waals surface area (Å²) in [6, 6.07) is 8.66. The van der Waals surface area contributed by atoms with E-state index >= 15 is 0 Å². The van der Waals surface area contributed by atoms with E-state index in [4.69, 9.17) is 9.15 Å². The fraction of sp³-hybridized carbons (Fsp3) is 0.500. The molecule has 0 radical (unpaired) electrons. The summed E-state index contributed by atoms with van der Waals surface area (Å²) in [7, 11) is 0. The van der Waals surface area contributed by atoms with Crippen molar-refractivity contribution in [1.82, 2.24) is 0 Å². The largest absolute Gasteiger partial charge is 0.550 e. The Hall–Kier alpha value is -2.56. The van der Waals surface area contributed by atoms with Crippen LogP contribution in [0.25, 0.3) is 11.0 Å². The molecule has 5 nitrogen and oxygen atoms in total.